The number of fused-ring (bicyclic) bond motifs is 4. The first-order chi connectivity index (χ1) is 20.4. The Morgan fingerprint density at radius 1 is 1.19 bits per heavy atom. The van der Waals surface area contributed by atoms with E-state index in [1.807, 2.05) is 52.6 Å². The fourth-order valence-electron chi connectivity index (χ4n) is 5.95. The Kier molecular flexibility index (Phi) is 6.53. The standard InChI is InChI=1S/C31H31N9OS/c1-18-23(17-39(4)37-18)30(41)34-13-19-15-40(16-19)29-28-21-7-5-8-24(32-2)22(21)12-26(28)35-31(36-29)42-20-11-27-25(33-14-20)9-6-10-38(27)3/h5-11,14,17,19,32H,12-13,15-16H2,1-4H3/p+1. The predicted molar refractivity (Wildman–Crippen MR) is 163 cm³/mol. The minimum absolute atomic E-state index is 0.0772. The van der Waals surface area contributed by atoms with Crippen molar-refractivity contribution in [1.29, 1.82) is 0 Å². The van der Waals surface area contributed by atoms with Gasteiger partial charge in [-0.1, -0.05) is 12.1 Å². The van der Waals surface area contributed by atoms with Crippen LogP contribution in [-0.2, 0) is 20.5 Å². The molecule has 1 aliphatic heterocycles. The molecule has 0 radical (unpaired) electrons. The highest BCUT2D eigenvalue weighted by atomic mass is 32.2. The molecule has 212 valence electrons. The molecule has 11 heteroatoms. The number of hydrogen-bond donors (Lipinski definition) is 2. The summed E-state index contributed by atoms with van der Waals surface area (Å²) in [6, 6.07) is 12.5. The summed E-state index contributed by atoms with van der Waals surface area (Å²) in [4.78, 5) is 30.9. The molecule has 0 atom stereocenters. The first-order valence-electron chi connectivity index (χ1n) is 14.0. The molecular weight excluding hydrogens is 546 g/mol. The average molecular weight is 579 g/mol. The second-order valence-electron chi connectivity index (χ2n) is 11.0. The van der Waals surface area contributed by atoms with Gasteiger partial charge in [-0.15, -0.1) is 0 Å². The molecule has 2 N–H and O–H groups in total. The van der Waals surface area contributed by atoms with E-state index in [0.29, 0.717) is 23.2 Å². The number of hydrogen-bond acceptors (Lipinski definition) is 8. The molecule has 0 saturated carbocycles. The van der Waals surface area contributed by atoms with Gasteiger partial charge in [0.1, 0.15) is 18.4 Å². The fourth-order valence-corrected chi connectivity index (χ4v) is 6.73. The van der Waals surface area contributed by atoms with Gasteiger partial charge in [0.05, 0.1) is 17.0 Å². The number of anilines is 2. The molecule has 1 fully saturated rings. The number of aromatic nitrogens is 6. The number of amides is 1. The van der Waals surface area contributed by atoms with Gasteiger partial charge in [0, 0.05) is 86.7 Å². The van der Waals surface area contributed by atoms with Crippen molar-refractivity contribution >= 4 is 40.2 Å². The van der Waals surface area contributed by atoms with E-state index in [0.717, 1.165) is 63.9 Å². The van der Waals surface area contributed by atoms with Crippen molar-refractivity contribution in [2.75, 3.05) is 36.9 Å². The highest BCUT2D eigenvalue weighted by Gasteiger charge is 2.35. The van der Waals surface area contributed by atoms with E-state index in [1.54, 1.807) is 22.6 Å². The van der Waals surface area contributed by atoms with Crippen molar-refractivity contribution < 1.29 is 9.36 Å². The van der Waals surface area contributed by atoms with Crippen LogP contribution in [0.15, 0.2) is 65.0 Å². The minimum Gasteiger partial charge on any atom is -0.388 e. The smallest absolute Gasteiger partial charge is 0.254 e. The lowest BCUT2D eigenvalue weighted by Gasteiger charge is -2.41. The molecule has 1 aromatic carbocycles. The van der Waals surface area contributed by atoms with Crippen molar-refractivity contribution in [2.24, 2.45) is 20.0 Å². The van der Waals surface area contributed by atoms with Gasteiger partial charge in [-0.25, -0.2) is 15.0 Å². The number of carbonyl (C=O) groups is 1. The van der Waals surface area contributed by atoms with Crippen molar-refractivity contribution in [1.82, 2.24) is 30.0 Å². The predicted octanol–water partition coefficient (Wildman–Crippen LogP) is 3.52. The van der Waals surface area contributed by atoms with Crippen molar-refractivity contribution in [3.05, 3.63) is 77.5 Å². The second kappa shape index (κ2) is 10.4. The molecule has 5 heterocycles. The Morgan fingerprint density at radius 3 is 2.83 bits per heavy atom. The molecule has 1 aliphatic carbocycles. The van der Waals surface area contributed by atoms with Crippen molar-refractivity contribution in [2.45, 2.75) is 23.4 Å². The Balaban J connectivity index is 1.16. The molecule has 42 heavy (non-hydrogen) atoms. The molecule has 4 aromatic heterocycles. The van der Waals surface area contributed by atoms with Gasteiger partial charge in [0.15, 0.2) is 11.4 Å². The van der Waals surface area contributed by atoms with Crippen LogP contribution in [0.3, 0.4) is 0 Å². The first-order valence-corrected chi connectivity index (χ1v) is 14.9. The summed E-state index contributed by atoms with van der Waals surface area (Å²) in [5, 5.41) is 11.4. The van der Waals surface area contributed by atoms with Crippen molar-refractivity contribution in [3.63, 3.8) is 0 Å². The number of pyridine rings is 2. The molecular formula is C31H32N9OS+. The number of nitrogens with zero attached hydrogens (tertiary/aromatic N) is 7. The Hall–Kier alpha value is -4.51. The van der Waals surface area contributed by atoms with E-state index in [1.165, 1.54) is 11.1 Å². The second-order valence-corrected chi connectivity index (χ2v) is 12.0. The van der Waals surface area contributed by atoms with E-state index in [4.69, 9.17) is 9.97 Å². The highest BCUT2D eigenvalue weighted by Crippen LogP contribution is 2.46. The molecule has 0 spiro atoms. The summed E-state index contributed by atoms with van der Waals surface area (Å²) in [6.07, 6.45) is 6.44. The molecule has 5 aromatic rings. The molecule has 7 rings (SSSR count). The van der Waals surface area contributed by atoms with Gasteiger partial charge < -0.3 is 15.5 Å². The molecule has 0 bridgehead atoms. The number of rotatable bonds is 7. The topological polar surface area (TPSA) is 105 Å². The summed E-state index contributed by atoms with van der Waals surface area (Å²) in [6.45, 7) is 4.10. The van der Waals surface area contributed by atoms with Crippen LogP contribution in [-0.4, -0.2) is 57.3 Å². The maximum Gasteiger partial charge on any atom is 0.254 e. The third-order valence-electron chi connectivity index (χ3n) is 8.09. The molecule has 10 nitrogen and oxygen atoms in total. The maximum absolute atomic E-state index is 12.7. The van der Waals surface area contributed by atoms with Crippen LogP contribution >= 0.6 is 11.8 Å². The Labute approximate surface area is 248 Å². The lowest BCUT2D eigenvalue weighted by molar-refractivity contribution is -0.645. The van der Waals surface area contributed by atoms with Crippen LogP contribution in [0.4, 0.5) is 11.5 Å². The monoisotopic (exact) mass is 578 g/mol. The van der Waals surface area contributed by atoms with Crippen LogP contribution in [0.25, 0.3) is 22.2 Å². The highest BCUT2D eigenvalue weighted by molar-refractivity contribution is 7.99. The van der Waals surface area contributed by atoms with Gasteiger partial charge in [-0.2, -0.15) is 9.67 Å². The number of carbonyl (C=O) groups excluding carboxylic acids is 1. The third-order valence-corrected chi connectivity index (χ3v) is 8.92. The number of nitrogens with one attached hydrogen (secondary N) is 2. The van der Waals surface area contributed by atoms with E-state index in [2.05, 4.69) is 54.4 Å². The largest absolute Gasteiger partial charge is 0.388 e. The SMILES string of the molecule is CNc1cccc2c1Cc1nc(Sc3cnc4ccc[n+](C)c4c3)nc(N3CC(CNC(=O)c4cn(C)nc4C)C3)c1-2. The minimum atomic E-state index is -0.0772. The Bertz CT molecular complexity index is 1860. The first kappa shape index (κ1) is 26.4. The van der Waals surface area contributed by atoms with Crippen LogP contribution in [0.5, 0.6) is 0 Å². The number of aryl methyl sites for hydroxylation is 3. The summed E-state index contributed by atoms with van der Waals surface area (Å²) in [5.74, 6) is 1.22. The van der Waals surface area contributed by atoms with Gasteiger partial charge in [0.2, 0.25) is 5.52 Å². The van der Waals surface area contributed by atoms with Gasteiger partial charge in [-0.3, -0.25) is 9.48 Å². The lowest BCUT2D eigenvalue weighted by Crippen LogP contribution is -2.52. The van der Waals surface area contributed by atoms with E-state index in [-0.39, 0.29) is 5.91 Å². The van der Waals surface area contributed by atoms with Gasteiger partial charge in [-0.05, 0) is 41.9 Å². The molecule has 2 aliphatic rings. The van der Waals surface area contributed by atoms with Gasteiger partial charge >= 0.3 is 0 Å². The maximum atomic E-state index is 12.7. The van der Waals surface area contributed by atoms with Crippen LogP contribution in [0, 0.1) is 12.8 Å². The molecule has 1 saturated heterocycles. The Morgan fingerprint density at radius 2 is 2.05 bits per heavy atom. The quantitative estimate of drug-likeness (QED) is 0.219. The molecule has 0 unspecified atom stereocenters. The van der Waals surface area contributed by atoms with E-state index in [9.17, 15) is 4.79 Å². The van der Waals surface area contributed by atoms with Crippen LogP contribution < -0.4 is 20.1 Å². The van der Waals surface area contributed by atoms with Gasteiger partial charge in [0.25, 0.3) is 5.91 Å². The third kappa shape index (κ3) is 4.63. The summed E-state index contributed by atoms with van der Waals surface area (Å²) < 4.78 is 3.75. The van der Waals surface area contributed by atoms with Crippen LogP contribution in [0.1, 0.15) is 27.3 Å². The fraction of sp³-hybridized carbons (Fsp3) is 0.290. The zero-order valence-electron chi connectivity index (χ0n) is 24.0. The lowest BCUT2D eigenvalue weighted by atomic mass is 9.98. The normalized spacial score (nSPS) is 14.0. The molecule has 1 amide bonds. The zero-order chi connectivity index (χ0) is 29.0. The van der Waals surface area contributed by atoms with E-state index >= 15 is 0 Å². The van der Waals surface area contributed by atoms with Crippen LogP contribution in [0.2, 0.25) is 0 Å². The van der Waals surface area contributed by atoms with E-state index < -0.39 is 0 Å². The van der Waals surface area contributed by atoms with Crippen molar-refractivity contribution in [3.8, 4) is 11.1 Å². The zero-order valence-corrected chi connectivity index (χ0v) is 24.9. The average Bonchev–Trinajstić information content (AvgIpc) is 3.51. The summed E-state index contributed by atoms with van der Waals surface area (Å²) in [5.41, 5.74) is 9.09. The number of benzene rings is 1. The summed E-state index contributed by atoms with van der Waals surface area (Å²) in [7, 11) is 5.81. The summed E-state index contributed by atoms with van der Waals surface area (Å²) >= 11 is 1.54.